The second-order valence-corrected chi connectivity index (χ2v) is 8.12. The quantitative estimate of drug-likeness (QED) is 0.396. The molecular formula is C18H16B4Cl2N6O2. The Kier molecular flexibility index (Phi) is 6.95. The number of nitrogens with one attached hydrogen (secondary N) is 2. The Labute approximate surface area is 200 Å². The molecular weight excluding hydrogens is 446 g/mol. The molecule has 3 heterocycles. The topological polar surface area (TPSA) is 88.1 Å². The summed E-state index contributed by atoms with van der Waals surface area (Å²) >= 11 is 12.1. The predicted octanol–water partition coefficient (Wildman–Crippen LogP) is -2.45. The maximum atomic E-state index is 12.8. The number of nitrogens with zero attached hydrogens (tertiary/aromatic N) is 4. The third kappa shape index (κ3) is 4.46. The minimum absolute atomic E-state index is 0.0939. The Hall–Kier alpha value is -1.87. The Morgan fingerprint density at radius 3 is 2.41 bits per heavy atom. The highest BCUT2D eigenvalue weighted by molar-refractivity contribution is 6.61. The number of fused-ring (bicyclic) bond motifs is 1. The highest BCUT2D eigenvalue weighted by Crippen LogP contribution is 2.17. The Morgan fingerprint density at radius 2 is 1.69 bits per heavy atom. The van der Waals surface area contributed by atoms with Gasteiger partial charge in [0.25, 0.3) is 5.56 Å². The molecule has 1 aliphatic rings. The molecule has 8 radical (unpaired) electrons. The van der Waals surface area contributed by atoms with Gasteiger partial charge in [-0.1, -0.05) is 39.6 Å². The molecule has 2 aromatic heterocycles. The number of H-pyrrole nitrogens is 1. The lowest BCUT2D eigenvalue weighted by molar-refractivity contribution is 0.0366. The summed E-state index contributed by atoms with van der Waals surface area (Å²) in [5.41, 5.74) is 1.33. The number of aromatic amines is 1. The summed E-state index contributed by atoms with van der Waals surface area (Å²) in [4.78, 5) is 26.3. The first-order valence-corrected chi connectivity index (χ1v) is 10.6. The van der Waals surface area contributed by atoms with Crippen LogP contribution in [0, 0.1) is 0 Å². The zero-order valence-electron chi connectivity index (χ0n) is 17.1. The van der Waals surface area contributed by atoms with E-state index < -0.39 is 0 Å². The second kappa shape index (κ2) is 9.55. The molecule has 0 amide bonds. The molecule has 3 aromatic rings. The van der Waals surface area contributed by atoms with Crippen LogP contribution in [-0.4, -0.2) is 88.7 Å². The van der Waals surface area contributed by atoms with E-state index in [0.29, 0.717) is 30.8 Å². The smallest absolute Gasteiger partial charge is 0.278 e. The molecule has 1 aliphatic heterocycles. The number of ether oxygens (including phenoxy) is 1. The van der Waals surface area contributed by atoms with Crippen molar-refractivity contribution in [3.8, 4) is 0 Å². The van der Waals surface area contributed by atoms with Gasteiger partial charge in [0.1, 0.15) is 23.5 Å². The fourth-order valence-corrected chi connectivity index (χ4v) is 4.01. The van der Waals surface area contributed by atoms with Crippen LogP contribution in [0.3, 0.4) is 0 Å². The van der Waals surface area contributed by atoms with E-state index in [9.17, 15) is 4.79 Å². The minimum atomic E-state index is -0.377. The van der Waals surface area contributed by atoms with Crippen molar-refractivity contribution in [2.24, 2.45) is 0 Å². The SMILES string of the molecule is [B]c1c([B])c(CNc2nc3nc([B])n(CCN4CCOCC4)c3c(=O)[nH]2)c([B])c(Cl)c1Cl. The number of benzene rings is 1. The van der Waals surface area contributed by atoms with Crippen LogP contribution in [0.15, 0.2) is 4.79 Å². The summed E-state index contributed by atoms with van der Waals surface area (Å²) in [7, 11) is 24.0. The highest BCUT2D eigenvalue weighted by atomic mass is 35.5. The molecule has 0 saturated carbocycles. The molecule has 4 rings (SSSR count). The first kappa shape index (κ1) is 23.3. The van der Waals surface area contributed by atoms with Crippen molar-refractivity contribution in [1.82, 2.24) is 24.4 Å². The Morgan fingerprint density at radius 1 is 1.00 bits per heavy atom. The minimum Gasteiger partial charge on any atom is -0.379 e. The summed E-state index contributed by atoms with van der Waals surface area (Å²) in [6, 6.07) is 0. The van der Waals surface area contributed by atoms with Crippen LogP contribution in [0.5, 0.6) is 0 Å². The van der Waals surface area contributed by atoms with Gasteiger partial charge in [0, 0.05) is 32.7 Å². The molecule has 1 aromatic carbocycles. The number of halogens is 2. The molecule has 0 bridgehead atoms. The molecule has 14 heteroatoms. The molecule has 1 saturated heterocycles. The molecule has 156 valence electrons. The molecule has 2 N–H and O–H groups in total. The van der Waals surface area contributed by atoms with Crippen LogP contribution < -0.4 is 33.0 Å². The van der Waals surface area contributed by atoms with Gasteiger partial charge in [0.2, 0.25) is 5.95 Å². The average Bonchev–Trinajstić information content (AvgIpc) is 3.11. The number of morpholine rings is 1. The van der Waals surface area contributed by atoms with Crippen LogP contribution in [0.4, 0.5) is 5.95 Å². The molecule has 8 nitrogen and oxygen atoms in total. The number of aromatic nitrogens is 4. The molecule has 0 atom stereocenters. The van der Waals surface area contributed by atoms with Crippen LogP contribution in [0.2, 0.25) is 10.0 Å². The van der Waals surface area contributed by atoms with E-state index in [-0.39, 0.29) is 55.9 Å². The first-order valence-electron chi connectivity index (χ1n) is 9.88. The zero-order valence-corrected chi connectivity index (χ0v) is 18.6. The van der Waals surface area contributed by atoms with Gasteiger partial charge in [0.15, 0.2) is 19.0 Å². The lowest BCUT2D eigenvalue weighted by Gasteiger charge is -2.26. The maximum Gasteiger partial charge on any atom is 0.278 e. The summed E-state index contributed by atoms with van der Waals surface area (Å²) in [5, 5.41) is 3.17. The van der Waals surface area contributed by atoms with Gasteiger partial charge in [-0.15, -0.1) is 0 Å². The van der Waals surface area contributed by atoms with E-state index in [4.69, 9.17) is 59.3 Å². The zero-order chi connectivity index (χ0) is 23.0. The summed E-state index contributed by atoms with van der Waals surface area (Å²) in [6.07, 6.45) is 0. The average molecular weight is 463 g/mol. The van der Waals surface area contributed by atoms with Crippen molar-refractivity contribution in [1.29, 1.82) is 0 Å². The monoisotopic (exact) mass is 462 g/mol. The molecule has 0 spiro atoms. The second-order valence-electron chi connectivity index (χ2n) is 7.36. The van der Waals surface area contributed by atoms with Crippen molar-refractivity contribution in [2.45, 2.75) is 13.1 Å². The van der Waals surface area contributed by atoms with Crippen molar-refractivity contribution in [3.05, 3.63) is 26.0 Å². The molecule has 32 heavy (non-hydrogen) atoms. The van der Waals surface area contributed by atoms with Gasteiger partial charge in [-0.05, 0) is 5.56 Å². The van der Waals surface area contributed by atoms with Gasteiger partial charge < -0.3 is 14.6 Å². The molecule has 1 fully saturated rings. The van der Waals surface area contributed by atoms with Crippen LogP contribution in [0.1, 0.15) is 5.56 Å². The van der Waals surface area contributed by atoms with Gasteiger partial charge in [-0.2, -0.15) is 4.98 Å². The maximum absolute atomic E-state index is 12.8. The fraction of sp³-hybridized carbons (Fsp3) is 0.389. The van der Waals surface area contributed by atoms with Crippen molar-refractivity contribution in [3.63, 3.8) is 0 Å². The van der Waals surface area contributed by atoms with E-state index in [0.717, 1.165) is 19.6 Å². The van der Waals surface area contributed by atoms with Gasteiger partial charge in [-0.25, -0.2) is 4.98 Å². The molecule has 0 aliphatic carbocycles. The summed E-state index contributed by atoms with van der Waals surface area (Å²) < 4.78 is 7.02. The standard InChI is InChI=1S/C18H16B4Cl2N6O2/c19-9-8(10(20)12(23)13(24)11(9)21)7-25-18-27-15-14(16(31)28-18)30(17(22)26-15)2-1-29-3-5-32-6-4-29/h1-7H2,(H2,25,27,28,31). The van der Waals surface area contributed by atoms with E-state index in [2.05, 4.69) is 25.2 Å². The van der Waals surface area contributed by atoms with E-state index in [1.54, 1.807) is 4.57 Å². The van der Waals surface area contributed by atoms with Crippen LogP contribution >= 0.6 is 23.2 Å². The normalized spacial score (nSPS) is 14.8. The fourth-order valence-electron chi connectivity index (χ4n) is 3.59. The largest absolute Gasteiger partial charge is 0.379 e. The molecule has 0 unspecified atom stereocenters. The highest BCUT2D eigenvalue weighted by Gasteiger charge is 2.17. The van der Waals surface area contributed by atoms with Crippen molar-refractivity contribution >= 4 is 93.8 Å². The third-order valence-corrected chi connectivity index (χ3v) is 6.31. The first-order chi connectivity index (χ1) is 15.3. The number of hydrogen-bond acceptors (Lipinski definition) is 6. The predicted molar refractivity (Wildman–Crippen MR) is 131 cm³/mol. The van der Waals surface area contributed by atoms with Gasteiger partial charge in [0.05, 0.1) is 29.0 Å². The number of rotatable bonds is 6. The van der Waals surface area contributed by atoms with Crippen LogP contribution in [-0.2, 0) is 17.8 Å². The summed E-state index contributed by atoms with van der Waals surface area (Å²) in [5.74, 6) is 0.170. The number of hydrogen-bond donors (Lipinski definition) is 2. The van der Waals surface area contributed by atoms with Gasteiger partial charge >= 0.3 is 0 Å². The van der Waals surface area contributed by atoms with Gasteiger partial charge in [-0.3, -0.25) is 14.7 Å². The van der Waals surface area contributed by atoms with E-state index in [1.807, 2.05) is 0 Å². The number of anilines is 1. The summed E-state index contributed by atoms with van der Waals surface area (Å²) in [6.45, 7) is 4.38. The van der Waals surface area contributed by atoms with E-state index >= 15 is 0 Å². The lowest BCUT2D eigenvalue weighted by atomic mass is 9.73. The number of imidazole rings is 1. The van der Waals surface area contributed by atoms with Crippen molar-refractivity contribution < 1.29 is 4.74 Å². The Balaban J connectivity index is 1.56. The van der Waals surface area contributed by atoms with Crippen LogP contribution in [0.25, 0.3) is 11.2 Å². The lowest BCUT2D eigenvalue weighted by Crippen LogP contribution is -2.39. The Bertz CT molecular complexity index is 1200. The van der Waals surface area contributed by atoms with Crippen molar-refractivity contribution in [2.75, 3.05) is 38.2 Å². The van der Waals surface area contributed by atoms with E-state index in [1.165, 1.54) is 0 Å². The third-order valence-electron chi connectivity index (χ3n) is 5.43.